The fourth-order valence-corrected chi connectivity index (χ4v) is 4.44. The minimum Gasteiger partial charge on any atom is -0.268 e. The van der Waals surface area contributed by atoms with Gasteiger partial charge in [-0.1, -0.05) is 37.8 Å². The van der Waals surface area contributed by atoms with E-state index in [4.69, 9.17) is 5.11 Å². The lowest BCUT2D eigenvalue weighted by Gasteiger charge is -2.39. The molecule has 0 N–H and O–H groups in total. The number of imide groups is 1. The van der Waals surface area contributed by atoms with Crippen LogP contribution < -0.4 is 0 Å². The zero-order valence-electron chi connectivity index (χ0n) is 14.6. The Kier molecular flexibility index (Phi) is 4.40. The molecule has 5 nitrogen and oxygen atoms in total. The monoisotopic (exact) mass is 339 g/mol. The first kappa shape index (κ1) is 16.4. The Hall–Kier alpha value is -2.04. The molecule has 132 valence electrons. The van der Waals surface area contributed by atoms with E-state index < -0.39 is 5.66 Å². The second-order valence-corrected chi connectivity index (χ2v) is 7.54. The third-order valence-corrected chi connectivity index (χ3v) is 5.85. The molecule has 2 saturated carbocycles. The number of fused-ring (bicyclic) bond motifs is 1. The highest BCUT2D eigenvalue weighted by molar-refractivity contribution is 6.21. The summed E-state index contributed by atoms with van der Waals surface area (Å²) in [6.45, 7) is 0. The molecule has 0 radical (unpaired) electrons. The van der Waals surface area contributed by atoms with Crippen molar-refractivity contribution in [1.82, 2.24) is 4.90 Å². The number of rotatable bonds is 3. The van der Waals surface area contributed by atoms with Crippen LogP contribution in [0.2, 0.25) is 0 Å². The smallest absolute Gasteiger partial charge is 0.263 e. The molecule has 25 heavy (non-hydrogen) atoms. The fraction of sp³-hybridized carbons (Fsp3) is 0.600. The number of carbonyl (C=O) groups excluding carboxylic acids is 2. The van der Waals surface area contributed by atoms with Crippen molar-refractivity contribution in [3.8, 4) is 0 Å². The lowest BCUT2D eigenvalue weighted by Crippen LogP contribution is -2.51. The SMILES string of the molecule is O=C1c2ccccc2C(=O)N1C1(/N=N/C2CCCCC2)CCCCC1. The van der Waals surface area contributed by atoms with Crippen molar-refractivity contribution in [2.24, 2.45) is 10.2 Å². The number of hydrogen-bond donors (Lipinski definition) is 0. The lowest BCUT2D eigenvalue weighted by molar-refractivity contribution is 0.0321. The van der Waals surface area contributed by atoms with E-state index in [1.54, 1.807) is 12.1 Å². The summed E-state index contributed by atoms with van der Waals surface area (Å²) in [5.74, 6) is -0.407. The number of nitrogens with zero attached hydrogens (tertiary/aromatic N) is 3. The third-order valence-electron chi connectivity index (χ3n) is 5.85. The van der Waals surface area contributed by atoms with Gasteiger partial charge in [-0.05, 0) is 50.7 Å². The molecule has 0 atom stereocenters. The van der Waals surface area contributed by atoms with Crippen LogP contribution in [0.5, 0.6) is 0 Å². The van der Waals surface area contributed by atoms with Crippen molar-refractivity contribution < 1.29 is 9.59 Å². The maximum absolute atomic E-state index is 13.0. The van der Waals surface area contributed by atoms with E-state index in [1.807, 2.05) is 12.1 Å². The first-order valence-corrected chi connectivity index (χ1v) is 9.61. The van der Waals surface area contributed by atoms with Crippen LogP contribution in [0.4, 0.5) is 0 Å². The van der Waals surface area contributed by atoms with Crippen molar-refractivity contribution in [2.75, 3.05) is 0 Å². The van der Waals surface area contributed by atoms with E-state index in [1.165, 1.54) is 24.2 Å². The van der Waals surface area contributed by atoms with Crippen molar-refractivity contribution in [3.05, 3.63) is 35.4 Å². The predicted octanol–water partition coefficient (Wildman–Crippen LogP) is 4.73. The fourth-order valence-electron chi connectivity index (χ4n) is 4.44. The summed E-state index contributed by atoms with van der Waals surface area (Å²) in [5.41, 5.74) is 0.235. The molecule has 0 spiro atoms. The van der Waals surface area contributed by atoms with Gasteiger partial charge in [-0.15, -0.1) is 0 Å². The maximum atomic E-state index is 13.0. The lowest BCUT2D eigenvalue weighted by atomic mass is 9.88. The molecule has 2 fully saturated rings. The first-order chi connectivity index (χ1) is 12.2. The number of azo groups is 1. The number of hydrogen-bond acceptors (Lipinski definition) is 4. The third kappa shape index (κ3) is 2.90. The van der Waals surface area contributed by atoms with Crippen molar-refractivity contribution in [2.45, 2.75) is 75.9 Å². The van der Waals surface area contributed by atoms with E-state index in [9.17, 15) is 9.59 Å². The maximum Gasteiger partial charge on any atom is 0.263 e. The second kappa shape index (κ2) is 6.70. The van der Waals surface area contributed by atoms with Gasteiger partial charge in [0.05, 0.1) is 17.2 Å². The minimum atomic E-state index is -0.775. The Morgan fingerprint density at radius 3 is 2.00 bits per heavy atom. The molecule has 2 amide bonds. The van der Waals surface area contributed by atoms with Gasteiger partial charge >= 0.3 is 0 Å². The molecule has 1 heterocycles. The Morgan fingerprint density at radius 2 is 1.40 bits per heavy atom. The van der Waals surface area contributed by atoms with Crippen LogP contribution in [-0.2, 0) is 0 Å². The zero-order valence-corrected chi connectivity index (χ0v) is 14.6. The van der Waals surface area contributed by atoms with Gasteiger partial charge in [-0.2, -0.15) is 10.2 Å². The molecule has 2 aliphatic carbocycles. The van der Waals surface area contributed by atoms with Gasteiger partial charge in [0.25, 0.3) is 11.8 Å². The van der Waals surface area contributed by atoms with E-state index in [-0.39, 0.29) is 17.9 Å². The average Bonchev–Trinajstić information content (AvgIpc) is 2.93. The van der Waals surface area contributed by atoms with Crippen LogP contribution >= 0.6 is 0 Å². The molecule has 0 bridgehead atoms. The van der Waals surface area contributed by atoms with Crippen LogP contribution in [0, 0.1) is 0 Å². The van der Waals surface area contributed by atoms with Gasteiger partial charge in [0.1, 0.15) is 0 Å². The molecular formula is C20H25N3O2. The molecular weight excluding hydrogens is 314 g/mol. The van der Waals surface area contributed by atoms with E-state index in [0.717, 1.165) is 44.9 Å². The second-order valence-electron chi connectivity index (χ2n) is 7.54. The molecule has 4 rings (SSSR count). The highest BCUT2D eigenvalue weighted by Crippen LogP contribution is 2.40. The van der Waals surface area contributed by atoms with Crippen LogP contribution in [0.3, 0.4) is 0 Å². The van der Waals surface area contributed by atoms with E-state index in [2.05, 4.69) is 5.11 Å². The summed E-state index contributed by atoms with van der Waals surface area (Å²) in [4.78, 5) is 27.4. The summed E-state index contributed by atoms with van der Waals surface area (Å²) >= 11 is 0. The number of carbonyl (C=O) groups is 2. The summed E-state index contributed by atoms with van der Waals surface area (Å²) in [7, 11) is 0. The molecule has 0 unspecified atom stereocenters. The van der Waals surface area contributed by atoms with E-state index >= 15 is 0 Å². The van der Waals surface area contributed by atoms with E-state index in [0.29, 0.717) is 11.1 Å². The molecule has 0 saturated heterocycles. The Morgan fingerprint density at radius 1 is 0.840 bits per heavy atom. The molecule has 0 aromatic heterocycles. The quantitative estimate of drug-likeness (QED) is 0.590. The van der Waals surface area contributed by atoms with Gasteiger partial charge < -0.3 is 0 Å². The topological polar surface area (TPSA) is 62.1 Å². The van der Waals surface area contributed by atoms with Crippen molar-refractivity contribution >= 4 is 11.8 Å². The van der Waals surface area contributed by atoms with Crippen LogP contribution in [0.1, 0.15) is 84.9 Å². The number of amides is 2. The van der Waals surface area contributed by atoms with Crippen molar-refractivity contribution in [3.63, 3.8) is 0 Å². The molecule has 1 aliphatic heterocycles. The Balaban J connectivity index is 1.66. The standard InChI is InChI=1S/C20H25N3O2/c24-18-16-11-5-6-12-17(16)19(25)23(18)20(13-7-2-8-14-20)22-21-15-9-3-1-4-10-15/h5-6,11-12,15H,1-4,7-10,13-14H2/b22-21+. The molecule has 1 aromatic rings. The summed E-state index contributed by atoms with van der Waals surface area (Å²) in [5, 5.41) is 9.35. The molecule has 3 aliphatic rings. The van der Waals surface area contributed by atoms with Crippen molar-refractivity contribution in [1.29, 1.82) is 0 Å². The van der Waals surface area contributed by atoms with Gasteiger partial charge in [0, 0.05) is 0 Å². The van der Waals surface area contributed by atoms with Gasteiger partial charge in [-0.25, -0.2) is 4.90 Å². The summed E-state index contributed by atoms with van der Waals surface area (Å²) in [6.07, 6.45) is 10.4. The average molecular weight is 339 g/mol. The highest BCUT2D eigenvalue weighted by atomic mass is 16.2. The van der Waals surface area contributed by atoms with Gasteiger partial charge in [0.15, 0.2) is 5.66 Å². The zero-order chi connectivity index (χ0) is 17.3. The molecule has 5 heteroatoms. The molecule has 1 aromatic carbocycles. The van der Waals surface area contributed by atoms with Crippen LogP contribution in [0.25, 0.3) is 0 Å². The largest absolute Gasteiger partial charge is 0.268 e. The highest BCUT2D eigenvalue weighted by Gasteiger charge is 2.50. The summed E-state index contributed by atoms with van der Waals surface area (Å²) < 4.78 is 0. The predicted molar refractivity (Wildman–Crippen MR) is 94.5 cm³/mol. The van der Waals surface area contributed by atoms with Gasteiger partial charge in [0.2, 0.25) is 0 Å². The van der Waals surface area contributed by atoms with Crippen LogP contribution in [0.15, 0.2) is 34.5 Å². The Bertz CT molecular complexity index is 666. The van der Waals surface area contributed by atoms with Gasteiger partial charge in [-0.3, -0.25) is 9.59 Å². The Labute approximate surface area is 148 Å². The summed E-state index contributed by atoms with van der Waals surface area (Å²) in [6, 6.07) is 7.35. The van der Waals surface area contributed by atoms with Crippen LogP contribution in [-0.4, -0.2) is 28.4 Å². The first-order valence-electron chi connectivity index (χ1n) is 9.61. The number of benzene rings is 1. The normalized spacial score (nSPS) is 24.1. The minimum absolute atomic E-state index is 0.204.